The fraction of sp³-hybridized carbons (Fsp3) is 0. The zero-order valence-electron chi connectivity index (χ0n) is 30.5. The number of furan rings is 1. The third-order valence-corrected chi connectivity index (χ3v) is 11.9. The Morgan fingerprint density at radius 3 is 1.77 bits per heavy atom. The van der Waals surface area contributed by atoms with Gasteiger partial charge in [0.1, 0.15) is 11.2 Å². The Balaban J connectivity index is 1.11. The molecule has 0 saturated heterocycles. The van der Waals surface area contributed by atoms with E-state index in [-0.39, 0.29) is 0 Å². The predicted molar refractivity (Wildman–Crippen MR) is 236 cm³/mol. The molecule has 0 atom stereocenters. The van der Waals surface area contributed by atoms with Gasteiger partial charge in [-0.3, -0.25) is 4.57 Å². The number of aromatic nitrogens is 4. The van der Waals surface area contributed by atoms with Gasteiger partial charge in [-0.1, -0.05) is 115 Å². The van der Waals surface area contributed by atoms with E-state index in [0.717, 1.165) is 66.2 Å². The molecule has 0 N–H and O–H groups in total. The van der Waals surface area contributed by atoms with Crippen LogP contribution in [0.5, 0.6) is 0 Å². The lowest BCUT2D eigenvalue weighted by Gasteiger charge is -2.12. The molecule has 5 heteroatoms. The van der Waals surface area contributed by atoms with Crippen molar-refractivity contribution in [3.05, 3.63) is 182 Å². The fourth-order valence-electron chi connectivity index (χ4n) is 9.41. The monoisotopic (exact) mass is 726 g/mol. The molecule has 0 bridgehead atoms. The molecule has 9 aromatic carbocycles. The molecule has 0 amide bonds. The van der Waals surface area contributed by atoms with Gasteiger partial charge < -0.3 is 8.98 Å². The first-order valence-corrected chi connectivity index (χ1v) is 19.3. The van der Waals surface area contributed by atoms with Crippen LogP contribution in [0.3, 0.4) is 0 Å². The van der Waals surface area contributed by atoms with Crippen molar-refractivity contribution >= 4 is 98.0 Å². The topological polar surface area (TPSA) is 48.8 Å². The van der Waals surface area contributed by atoms with Gasteiger partial charge in [-0.05, 0) is 88.3 Å². The summed E-state index contributed by atoms with van der Waals surface area (Å²) in [7, 11) is 0. The van der Waals surface area contributed by atoms with Crippen molar-refractivity contribution in [1.29, 1.82) is 0 Å². The molecule has 0 aliphatic heterocycles. The molecule has 0 spiro atoms. The average molecular weight is 727 g/mol. The summed E-state index contributed by atoms with van der Waals surface area (Å²) < 4.78 is 10.9. The number of nitrogens with zero attached hydrogens (tertiary/aromatic N) is 4. The van der Waals surface area contributed by atoms with Crippen molar-refractivity contribution < 1.29 is 4.42 Å². The van der Waals surface area contributed by atoms with Crippen LogP contribution in [-0.4, -0.2) is 19.1 Å². The van der Waals surface area contributed by atoms with Crippen LogP contribution in [0.25, 0.3) is 121 Å². The summed E-state index contributed by atoms with van der Waals surface area (Å²) in [6.45, 7) is 0. The number of fused-ring (bicyclic) bond motifs is 14. The van der Waals surface area contributed by atoms with Gasteiger partial charge in [0.05, 0.1) is 33.3 Å². The Morgan fingerprint density at radius 2 is 0.965 bits per heavy atom. The average Bonchev–Trinajstić information content (AvgIpc) is 3.93. The Kier molecular flexibility index (Phi) is 6.10. The third kappa shape index (κ3) is 4.28. The van der Waals surface area contributed by atoms with Gasteiger partial charge >= 0.3 is 0 Å². The van der Waals surface area contributed by atoms with E-state index in [9.17, 15) is 0 Å². The number of rotatable bonds is 3. The second-order valence-corrected chi connectivity index (χ2v) is 14.9. The summed E-state index contributed by atoms with van der Waals surface area (Å²) in [5, 5.41) is 12.9. The van der Waals surface area contributed by atoms with Gasteiger partial charge in [0, 0.05) is 49.0 Å². The molecule has 13 aromatic rings. The van der Waals surface area contributed by atoms with Crippen molar-refractivity contribution in [3.63, 3.8) is 0 Å². The van der Waals surface area contributed by atoms with Crippen molar-refractivity contribution in [2.45, 2.75) is 0 Å². The lowest BCUT2D eigenvalue weighted by atomic mass is 10.0. The van der Waals surface area contributed by atoms with Crippen LogP contribution in [0.15, 0.2) is 186 Å². The van der Waals surface area contributed by atoms with E-state index >= 15 is 0 Å². The van der Waals surface area contributed by atoms with E-state index in [1.807, 2.05) is 12.1 Å². The SMILES string of the molecule is c1ccc2c(c1)ccc1c2c2ccccc2n1-c1ccc2c(c1)c1c3ccccc3ccc1n2-c1nc(-c2ccc3oc4ccccc4c3c2)c2ccccc2n1. The lowest BCUT2D eigenvalue weighted by Crippen LogP contribution is -2.03. The highest BCUT2D eigenvalue weighted by Gasteiger charge is 2.21. The van der Waals surface area contributed by atoms with Gasteiger partial charge in [0.25, 0.3) is 0 Å². The first-order valence-electron chi connectivity index (χ1n) is 19.3. The minimum atomic E-state index is 0.632. The molecule has 0 fully saturated rings. The van der Waals surface area contributed by atoms with Crippen LogP contribution >= 0.6 is 0 Å². The molecule has 0 unspecified atom stereocenters. The number of para-hydroxylation sites is 3. The summed E-state index contributed by atoms with van der Waals surface area (Å²) in [5.74, 6) is 0.632. The van der Waals surface area contributed by atoms with E-state index in [1.165, 1.54) is 48.7 Å². The van der Waals surface area contributed by atoms with Crippen molar-refractivity contribution in [2.24, 2.45) is 0 Å². The standard InChI is InChI=1S/C52H30N4O/c1-3-13-35-31(11-1)21-25-45-49(35)39-17-6-9-19-43(39)55(45)34-24-27-44-41(30-34)50-36-14-4-2-12-32(36)22-26-46(50)56(44)52-53-42-18-8-5-16-38(42)51(54-52)33-23-28-48-40(29-33)37-15-7-10-20-47(37)57-48/h1-30H. The second-order valence-electron chi connectivity index (χ2n) is 14.9. The van der Waals surface area contributed by atoms with E-state index in [2.05, 4.69) is 179 Å². The zero-order chi connectivity index (χ0) is 37.2. The molecule has 57 heavy (non-hydrogen) atoms. The Labute approximate surface area is 325 Å². The van der Waals surface area contributed by atoms with E-state index in [1.54, 1.807) is 0 Å². The maximum Gasteiger partial charge on any atom is 0.235 e. The van der Waals surface area contributed by atoms with Crippen LogP contribution in [0.4, 0.5) is 0 Å². The molecule has 4 aromatic heterocycles. The maximum atomic E-state index is 6.21. The molecule has 264 valence electrons. The maximum absolute atomic E-state index is 6.21. The molecule has 0 saturated carbocycles. The van der Waals surface area contributed by atoms with Crippen LogP contribution in [0.1, 0.15) is 0 Å². The summed E-state index contributed by atoms with van der Waals surface area (Å²) in [5.41, 5.74) is 10.1. The summed E-state index contributed by atoms with van der Waals surface area (Å²) in [6, 6.07) is 64.9. The van der Waals surface area contributed by atoms with Crippen molar-refractivity contribution in [3.8, 4) is 22.9 Å². The van der Waals surface area contributed by atoms with Crippen molar-refractivity contribution in [2.75, 3.05) is 0 Å². The molecular weight excluding hydrogens is 697 g/mol. The molecular formula is C52H30N4O. The van der Waals surface area contributed by atoms with Gasteiger partial charge in [-0.15, -0.1) is 0 Å². The summed E-state index contributed by atoms with van der Waals surface area (Å²) >= 11 is 0. The molecule has 5 nitrogen and oxygen atoms in total. The second kappa shape index (κ2) is 11.4. The Bertz CT molecular complexity index is 3830. The third-order valence-electron chi connectivity index (χ3n) is 11.9. The van der Waals surface area contributed by atoms with Gasteiger partial charge in [0.15, 0.2) is 0 Å². The van der Waals surface area contributed by atoms with Crippen molar-refractivity contribution in [1.82, 2.24) is 19.1 Å². The minimum Gasteiger partial charge on any atom is -0.456 e. The molecule has 0 aliphatic rings. The van der Waals surface area contributed by atoms with Crippen LogP contribution in [0, 0.1) is 0 Å². The predicted octanol–water partition coefficient (Wildman–Crippen LogP) is 13.7. The molecule has 4 heterocycles. The lowest BCUT2D eigenvalue weighted by molar-refractivity contribution is 0.669. The fourth-order valence-corrected chi connectivity index (χ4v) is 9.41. The molecule has 13 rings (SSSR count). The normalized spacial score (nSPS) is 12.2. The van der Waals surface area contributed by atoms with Crippen LogP contribution in [-0.2, 0) is 0 Å². The largest absolute Gasteiger partial charge is 0.456 e. The zero-order valence-corrected chi connectivity index (χ0v) is 30.5. The first kappa shape index (κ1) is 30.6. The highest BCUT2D eigenvalue weighted by molar-refractivity contribution is 6.23. The Hall–Kier alpha value is -7.76. The summed E-state index contributed by atoms with van der Waals surface area (Å²) in [6.07, 6.45) is 0. The number of benzene rings is 9. The smallest absolute Gasteiger partial charge is 0.235 e. The van der Waals surface area contributed by atoms with Gasteiger partial charge in [-0.2, -0.15) is 0 Å². The highest BCUT2D eigenvalue weighted by Crippen LogP contribution is 2.42. The van der Waals surface area contributed by atoms with Gasteiger partial charge in [0.2, 0.25) is 5.95 Å². The van der Waals surface area contributed by atoms with Crippen LogP contribution < -0.4 is 0 Å². The van der Waals surface area contributed by atoms with E-state index in [0.29, 0.717) is 5.95 Å². The highest BCUT2D eigenvalue weighted by atomic mass is 16.3. The minimum absolute atomic E-state index is 0.632. The number of hydrogen-bond donors (Lipinski definition) is 0. The quantitative estimate of drug-likeness (QED) is 0.182. The number of hydrogen-bond acceptors (Lipinski definition) is 3. The molecule has 0 radical (unpaired) electrons. The van der Waals surface area contributed by atoms with E-state index in [4.69, 9.17) is 14.4 Å². The van der Waals surface area contributed by atoms with Crippen LogP contribution in [0.2, 0.25) is 0 Å². The summed E-state index contributed by atoms with van der Waals surface area (Å²) in [4.78, 5) is 10.8. The first-order chi connectivity index (χ1) is 28.3. The molecule has 0 aliphatic carbocycles. The van der Waals surface area contributed by atoms with E-state index < -0.39 is 0 Å². The Morgan fingerprint density at radius 1 is 0.368 bits per heavy atom. The van der Waals surface area contributed by atoms with Gasteiger partial charge in [-0.25, -0.2) is 9.97 Å².